The number of halogens is 3. The molecule has 0 aliphatic rings. The lowest BCUT2D eigenvalue weighted by Gasteiger charge is -2.22. The number of unbranched alkanes of at least 4 members (excludes halogenated alkanes) is 1. The number of ether oxygens (including phenoxy) is 1. The number of allylic oxidation sites excluding steroid dienone is 2. The van der Waals surface area contributed by atoms with Gasteiger partial charge in [-0.25, -0.2) is 9.37 Å². The Morgan fingerprint density at radius 2 is 1.95 bits per heavy atom. The minimum Gasteiger partial charge on any atom is -0.433 e. The Hall–Kier alpha value is -4.02. The maximum atomic E-state index is 13.3. The van der Waals surface area contributed by atoms with Crippen LogP contribution in [0.4, 0.5) is 19.0 Å². The lowest BCUT2D eigenvalue weighted by atomic mass is 9.96. The van der Waals surface area contributed by atoms with Crippen molar-refractivity contribution in [3.8, 4) is 17.0 Å². The van der Waals surface area contributed by atoms with E-state index in [-0.39, 0.29) is 35.8 Å². The van der Waals surface area contributed by atoms with Crippen molar-refractivity contribution in [3.63, 3.8) is 0 Å². The van der Waals surface area contributed by atoms with Crippen molar-refractivity contribution >= 4 is 11.7 Å². The summed E-state index contributed by atoms with van der Waals surface area (Å²) in [5, 5.41) is 4.12. The van der Waals surface area contributed by atoms with Gasteiger partial charge in [0.25, 0.3) is 0 Å². The Kier molecular flexibility index (Phi) is 10.6. The van der Waals surface area contributed by atoms with E-state index in [1.54, 1.807) is 18.2 Å². The van der Waals surface area contributed by atoms with Crippen LogP contribution >= 0.6 is 0 Å². The van der Waals surface area contributed by atoms with Gasteiger partial charge in [0.2, 0.25) is 11.8 Å². The Morgan fingerprint density at radius 3 is 2.55 bits per heavy atom. The molecule has 1 unspecified atom stereocenters. The van der Waals surface area contributed by atoms with Crippen LogP contribution in [0.25, 0.3) is 11.3 Å². The van der Waals surface area contributed by atoms with Gasteiger partial charge >= 0.3 is 6.61 Å². The average Bonchev–Trinajstić information content (AvgIpc) is 3.40. The van der Waals surface area contributed by atoms with Crippen molar-refractivity contribution in [2.45, 2.75) is 70.8 Å². The third kappa shape index (κ3) is 8.75. The summed E-state index contributed by atoms with van der Waals surface area (Å²) >= 11 is 0. The van der Waals surface area contributed by atoms with E-state index in [2.05, 4.69) is 38.0 Å². The summed E-state index contributed by atoms with van der Waals surface area (Å²) in [5.41, 5.74) is 0.847. The van der Waals surface area contributed by atoms with Crippen molar-refractivity contribution in [2.24, 2.45) is 0 Å². The molecule has 3 aromatic heterocycles. The van der Waals surface area contributed by atoms with Crippen LogP contribution in [0.1, 0.15) is 70.5 Å². The summed E-state index contributed by atoms with van der Waals surface area (Å²) in [6.45, 7) is 10.5. The van der Waals surface area contributed by atoms with E-state index in [0.717, 1.165) is 6.42 Å². The Bertz CT molecular complexity index is 1290. The smallest absolute Gasteiger partial charge is 0.387 e. The second-order valence-electron chi connectivity index (χ2n) is 10.3. The average molecular weight is 558 g/mol. The maximum absolute atomic E-state index is 13.3. The fourth-order valence-electron chi connectivity index (χ4n) is 3.87. The number of hydrogen-bond donors (Lipinski definition) is 0. The molecule has 0 spiro atoms. The van der Waals surface area contributed by atoms with Gasteiger partial charge in [-0.05, 0) is 37.1 Å². The van der Waals surface area contributed by atoms with Gasteiger partial charge in [-0.3, -0.25) is 14.7 Å². The Balaban J connectivity index is 1.71. The fraction of sp³-hybridized carbons (Fsp3) is 0.414. The highest BCUT2D eigenvalue weighted by Gasteiger charge is 2.24. The standard InChI is InChI=1S/C29H34F3N5O3/c1-6-20(26-35-27(40-36-26)29(3,4)5)9-7-8-16-37(25(38)13-10-19(2)30)24-17-21(14-15-33-24)23-12-11-22(18-34-23)39-28(31)32/h6,11-12,14-15,17-18,20,28H,1-2,7-10,13,16H2,3-5H3. The zero-order chi connectivity index (χ0) is 29.3. The van der Waals surface area contributed by atoms with Crippen molar-refractivity contribution in [2.75, 3.05) is 11.4 Å². The van der Waals surface area contributed by atoms with Gasteiger partial charge in [-0.1, -0.05) is 45.0 Å². The molecule has 0 bridgehead atoms. The van der Waals surface area contributed by atoms with Crippen molar-refractivity contribution in [3.05, 3.63) is 73.4 Å². The molecule has 0 fully saturated rings. The summed E-state index contributed by atoms with van der Waals surface area (Å²) in [4.78, 5) is 27.6. The Morgan fingerprint density at radius 1 is 1.18 bits per heavy atom. The van der Waals surface area contributed by atoms with E-state index in [9.17, 15) is 18.0 Å². The van der Waals surface area contributed by atoms with Gasteiger partial charge in [0.15, 0.2) is 5.82 Å². The second-order valence-corrected chi connectivity index (χ2v) is 10.3. The molecule has 3 rings (SSSR count). The first-order valence-electron chi connectivity index (χ1n) is 13.0. The molecule has 3 heterocycles. The number of aromatic nitrogens is 4. The quantitative estimate of drug-likeness (QED) is 0.153. The lowest BCUT2D eigenvalue weighted by molar-refractivity contribution is -0.118. The molecule has 0 N–H and O–H groups in total. The third-order valence-electron chi connectivity index (χ3n) is 6.04. The zero-order valence-electron chi connectivity index (χ0n) is 22.9. The van der Waals surface area contributed by atoms with Gasteiger partial charge in [-0.2, -0.15) is 13.8 Å². The molecule has 8 nitrogen and oxygen atoms in total. The maximum Gasteiger partial charge on any atom is 0.387 e. The third-order valence-corrected chi connectivity index (χ3v) is 6.04. The minimum atomic E-state index is -2.95. The normalized spacial score (nSPS) is 12.3. The largest absolute Gasteiger partial charge is 0.433 e. The number of nitrogens with zero attached hydrogens (tertiary/aromatic N) is 5. The molecule has 214 valence electrons. The summed E-state index contributed by atoms with van der Waals surface area (Å²) in [6, 6.07) is 6.29. The van der Waals surface area contributed by atoms with E-state index in [0.29, 0.717) is 48.2 Å². The Labute approximate surface area is 232 Å². The van der Waals surface area contributed by atoms with Gasteiger partial charge < -0.3 is 9.26 Å². The first-order chi connectivity index (χ1) is 19.0. The molecule has 0 radical (unpaired) electrons. The van der Waals surface area contributed by atoms with Crippen LogP contribution in [0.3, 0.4) is 0 Å². The van der Waals surface area contributed by atoms with E-state index in [1.165, 1.54) is 29.4 Å². The summed E-state index contributed by atoms with van der Waals surface area (Å²) in [6.07, 6.45) is 6.40. The molecule has 1 atom stereocenters. The van der Waals surface area contributed by atoms with Crippen LogP contribution in [0.5, 0.6) is 5.75 Å². The molecular formula is C29H34F3N5O3. The highest BCUT2D eigenvalue weighted by Crippen LogP contribution is 2.27. The highest BCUT2D eigenvalue weighted by atomic mass is 19.3. The molecular weight excluding hydrogens is 523 g/mol. The topological polar surface area (TPSA) is 94.2 Å². The van der Waals surface area contributed by atoms with Gasteiger partial charge in [0.05, 0.1) is 17.7 Å². The van der Waals surface area contributed by atoms with Crippen LogP contribution in [-0.4, -0.2) is 39.2 Å². The monoisotopic (exact) mass is 557 g/mol. The molecule has 0 saturated carbocycles. The molecule has 40 heavy (non-hydrogen) atoms. The van der Waals surface area contributed by atoms with Gasteiger partial charge in [0, 0.05) is 42.5 Å². The van der Waals surface area contributed by atoms with Crippen LogP contribution in [0.15, 0.2) is 66.2 Å². The van der Waals surface area contributed by atoms with Crippen LogP contribution in [-0.2, 0) is 10.2 Å². The minimum absolute atomic E-state index is 0.0626. The van der Waals surface area contributed by atoms with Crippen LogP contribution in [0.2, 0.25) is 0 Å². The van der Waals surface area contributed by atoms with Crippen molar-refractivity contribution < 1.29 is 27.2 Å². The number of carbonyl (C=O) groups excluding carboxylic acids is 1. The number of pyridine rings is 2. The van der Waals surface area contributed by atoms with Crippen LogP contribution in [0, 0.1) is 0 Å². The molecule has 11 heteroatoms. The number of carbonyl (C=O) groups is 1. The van der Waals surface area contributed by atoms with Gasteiger partial charge in [-0.15, -0.1) is 6.58 Å². The van der Waals surface area contributed by atoms with Crippen molar-refractivity contribution in [1.29, 1.82) is 0 Å². The van der Waals surface area contributed by atoms with E-state index in [4.69, 9.17) is 4.52 Å². The molecule has 1 amide bonds. The highest BCUT2D eigenvalue weighted by molar-refractivity contribution is 5.93. The molecule has 3 aromatic rings. The summed E-state index contributed by atoms with van der Waals surface area (Å²) in [5.74, 6) is 0.445. The SMILES string of the molecule is C=CC(CCCCN(C(=O)CCC(=C)F)c1cc(-c2ccc(OC(F)F)cn2)ccn1)c1noc(C(C)(C)C)n1. The first kappa shape index (κ1) is 30.5. The number of anilines is 1. The number of amides is 1. The lowest BCUT2D eigenvalue weighted by Crippen LogP contribution is -2.32. The number of hydrogen-bond acceptors (Lipinski definition) is 7. The molecule has 0 aliphatic carbocycles. The zero-order valence-corrected chi connectivity index (χ0v) is 22.9. The van der Waals surface area contributed by atoms with E-state index >= 15 is 0 Å². The summed E-state index contributed by atoms with van der Waals surface area (Å²) in [7, 11) is 0. The molecule has 0 aromatic carbocycles. The summed E-state index contributed by atoms with van der Waals surface area (Å²) < 4.78 is 48.0. The fourth-order valence-corrected chi connectivity index (χ4v) is 3.87. The predicted octanol–water partition coefficient (Wildman–Crippen LogP) is 7.16. The van der Waals surface area contributed by atoms with E-state index in [1.807, 2.05) is 20.8 Å². The predicted molar refractivity (Wildman–Crippen MR) is 146 cm³/mol. The molecule has 0 saturated heterocycles. The van der Waals surface area contributed by atoms with E-state index < -0.39 is 12.4 Å². The number of rotatable bonds is 14. The molecule has 0 aliphatic heterocycles. The van der Waals surface area contributed by atoms with Crippen molar-refractivity contribution in [1.82, 2.24) is 20.1 Å². The number of alkyl halides is 2. The second kappa shape index (κ2) is 13.9. The first-order valence-corrected chi connectivity index (χ1v) is 13.0. The van der Waals surface area contributed by atoms with Gasteiger partial charge in [0.1, 0.15) is 11.6 Å². The van der Waals surface area contributed by atoms with Crippen LogP contribution < -0.4 is 9.64 Å².